The molecule has 3 aromatic rings. The van der Waals surface area contributed by atoms with Gasteiger partial charge in [0, 0.05) is 16.6 Å². The highest BCUT2D eigenvalue weighted by atomic mass is 35.5. The molecule has 1 aromatic heterocycles. The quantitative estimate of drug-likeness (QED) is 0.363. The van der Waals surface area contributed by atoms with Crippen LogP contribution in [0.1, 0.15) is 69.5 Å². The molecule has 0 radical (unpaired) electrons. The van der Waals surface area contributed by atoms with E-state index in [-0.39, 0.29) is 5.41 Å². The normalized spacial score (nSPS) is 20.2. The smallest absolute Gasteiger partial charge is 0.250 e. The molecule has 1 aliphatic rings. The van der Waals surface area contributed by atoms with Gasteiger partial charge in [0.05, 0.1) is 0 Å². The Hall–Kier alpha value is -2.43. The van der Waals surface area contributed by atoms with Gasteiger partial charge in [-0.15, -0.1) is 0 Å². The number of benzene rings is 2. The third kappa shape index (κ3) is 5.97. The molecule has 1 saturated carbocycles. The third-order valence-electron chi connectivity index (χ3n) is 6.99. The third-order valence-corrected chi connectivity index (χ3v) is 7.24. The van der Waals surface area contributed by atoms with Crippen molar-refractivity contribution in [2.24, 2.45) is 11.8 Å². The van der Waals surface area contributed by atoms with Gasteiger partial charge < -0.3 is 9.42 Å². The molecule has 1 heterocycles. The molecule has 34 heavy (non-hydrogen) atoms. The lowest BCUT2D eigenvalue weighted by Gasteiger charge is -2.37. The summed E-state index contributed by atoms with van der Waals surface area (Å²) in [5, 5.41) is 4.98. The summed E-state index contributed by atoms with van der Waals surface area (Å²) in [4.78, 5) is 6.93. The summed E-state index contributed by atoms with van der Waals surface area (Å²) in [6.45, 7) is 6.64. The Morgan fingerprint density at radius 3 is 2.21 bits per heavy atom. The van der Waals surface area contributed by atoms with Crippen molar-refractivity contribution >= 4 is 17.7 Å². The number of halogens is 1. The van der Waals surface area contributed by atoms with Gasteiger partial charge in [-0.1, -0.05) is 80.0 Å². The van der Waals surface area contributed by atoms with Crippen LogP contribution in [0.4, 0.5) is 0 Å². The fraction of sp³-hybridized carbons (Fsp3) is 0.448. The molecule has 0 spiro atoms. The number of aromatic nitrogens is 2. The van der Waals surface area contributed by atoms with Crippen LogP contribution in [0, 0.1) is 11.8 Å². The second-order valence-corrected chi connectivity index (χ2v) is 11.2. The zero-order chi connectivity index (χ0) is 24.3. The van der Waals surface area contributed by atoms with E-state index in [1.165, 1.54) is 36.8 Å². The Labute approximate surface area is 209 Å². The highest BCUT2D eigenvalue weighted by molar-refractivity contribution is 6.30. The van der Waals surface area contributed by atoms with E-state index in [1.54, 1.807) is 0 Å². The molecule has 1 atom stereocenters. The molecular formula is C29H36ClN3O. The van der Waals surface area contributed by atoms with E-state index in [0.29, 0.717) is 29.6 Å². The average molecular weight is 478 g/mol. The van der Waals surface area contributed by atoms with Gasteiger partial charge in [-0.25, -0.2) is 0 Å². The summed E-state index contributed by atoms with van der Waals surface area (Å²) in [5.74, 6) is 2.41. The maximum Gasteiger partial charge on any atom is 0.250 e. The first-order valence-corrected chi connectivity index (χ1v) is 12.6. The standard InChI is InChI=1S/C29H36ClN3O/c1-29(2,3)24-15-11-23(12-16-24)28-31-26(34-32-28)19-8-20-6-9-21(10-7-20)27(33(4)5)22-13-17-25(30)18-14-22/h8,11-21,27H,6-7,9-10H2,1-5H3. The highest BCUT2D eigenvalue weighted by Crippen LogP contribution is 2.40. The number of hydrogen-bond donors (Lipinski definition) is 0. The van der Waals surface area contributed by atoms with Gasteiger partial charge in [-0.2, -0.15) is 4.98 Å². The maximum absolute atomic E-state index is 6.11. The van der Waals surface area contributed by atoms with Gasteiger partial charge in [-0.05, 0) is 86.4 Å². The van der Waals surface area contributed by atoms with Crippen LogP contribution >= 0.6 is 11.6 Å². The van der Waals surface area contributed by atoms with Crippen LogP contribution < -0.4 is 0 Å². The van der Waals surface area contributed by atoms with Gasteiger partial charge in [0.2, 0.25) is 5.82 Å². The fourth-order valence-electron chi connectivity index (χ4n) is 5.06. The van der Waals surface area contributed by atoms with Crippen molar-refractivity contribution in [3.05, 3.63) is 76.6 Å². The Morgan fingerprint density at radius 2 is 1.62 bits per heavy atom. The number of rotatable bonds is 6. The minimum atomic E-state index is 0.129. The zero-order valence-corrected chi connectivity index (χ0v) is 21.7. The van der Waals surface area contributed by atoms with E-state index < -0.39 is 0 Å². The molecule has 0 bridgehead atoms. The van der Waals surface area contributed by atoms with Crippen molar-refractivity contribution in [2.45, 2.75) is 57.9 Å². The molecule has 1 fully saturated rings. The molecule has 1 aliphatic carbocycles. The maximum atomic E-state index is 6.11. The summed E-state index contributed by atoms with van der Waals surface area (Å²) in [6, 6.07) is 17.2. The summed E-state index contributed by atoms with van der Waals surface area (Å²) in [7, 11) is 4.35. The molecule has 4 rings (SSSR count). The first kappa shape index (κ1) is 24.7. The number of nitrogens with zero attached hydrogens (tertiary/aromatic N) is 3. The summed E-state index contributed by atoms with van der Waals surface area (Å²) < 4.78 is 5.50. The molecule has 1 unspecified atom stereocenters. The number of hydrogen-bond acceptors (Lipinski definition) is 4. The van der Waals surface area contributed by atoms with E-state index in [1.807, 2.05) is 18.2 Å². The van der Waals surface area contributed by atoms with Gasteiger partial charge >= 0.3 is 0 Å². The van der Waals surface area contributed by atoms with Gasteiger partial charge in [-0.3, -0.25) is 0 Å². The van der Waals surface area contributed by atoms with Crippen molar-refractivity contribution < 1.29 is 4.52 Å². The Bertz CT molecular complexity index is 1090. The van der Waals surface area contributed by atoms with Crippen LogP contribution in [0.5, 0.6) is 0 Å². The minimum absolute atomic E-state index is 0.129. The molecule has 0 amide bonds. The summed E-state index contributed by atoms with van der Waals surface area (Å²) in [5.41, 5.74) is 3.75. The summed E-state index contributed by atoms with van der Waals surface area (Å²) in [6.07, 6.45) is 9.00. The van der Waals surface area contributed by atoms with Gasteiger partial charge in [0.15, 0.2) is 0 Å². The van der Waals surface area contributed by atoms with E-state index in [9.17, 15) is 0 Å². The Balaban J connectivity index is 1.35. The first-order valence-electron chi connectivity index (χ1n) is 12.3. The lowest BCUT2D eigenvalue weighted by atomic mass is 9.76. The highest BCUT2D eigenvalue weighted by Gasteiger charge is 2.29. The largest absolute Gasteiger partial charge is 0.334 e. The predicted molar refractivity (Wildman–Crippen MR) is 141 cm³/mol. The fourth-order valence-corrected chi connectivity index (χ4v) is 5.19. The van der Waals surface area contributed by atoms with Crippen LogP contribution in [-0.2, 0) is 5.41 Å². The topological polar surface area (TPSA) is 42.2 Å². The summed E-state index contributed by atoms with van der Waals surface area (Å²) >= 11 is 6.11. The van der Waals surface area contributed by atoms with Crippen LogP contribution in [0.3, 0.4) is 0 Å². The second-order valence-electron chi connectivity index (χ2n) is 10.8. The molecule has 180 valence electrons. The van der Waals surface area contributed by atoms with Crippen molar-refractivity contribution in [3.63, 3.8) is 0 Å². The molecule has 2 aromatic carbocycles. The van der Waals surface area contributed by atoms with Crippen LogP contribution in [0.25, 0.3) is 17.5 Å². The number of allylic oxidation sites excluding steroid dienone is 1. The SMILES string of the molecule is CN(C)C(c1ccc(Cl)cc1)C1CCC(C=Cc2nc(-c3ccc(C(C)(C)C)cc3)no2)CC1. The Morgan fingerprint density at radius 1 is 0.971 bits per heavy atom. The van der Waals surface area contributed by atoms with Crippen LogP contribution in [-0.4, -0.2) is 29.1 Å². The molecular weight excluding hydrogens is 442 g/mol. The monoisotopic (exact) mass is 477 g/mol. The van der Waals surface area contributed by atoms with E-state index >= 15 is 0 Å². The van der Waals surface area contributed by atoms with Crippen molar-refractivity contribution in [1.29, 1.82) is 0 Å². The van der Waals surface area contributed by atoms with Crippen molar-refractivity contribution in [3.8, 4) is 11.4 Å². The van der Waals surface area contributed by atoms with E-state index in [0.717, 1.165) is 10.6 Å². The van der Waals surface area contributed by atoms with Crippen LogP contribution in [0.15, 0.2) is 59.1 Å². The lowest BCUT2D eigenvalue weighted by molar-refractivity contribution is 0.159. The minimum Gasteiger partial charge on any atom is -0.334 e. The van der Waals surface area contributed by atoms with E-state index in [2.05, 4.69) is 92.4 Å². The molecule has 0 saturated heterocycles. The van der Waals surface area contributed by atoms with Gasteiger partial charge in [0.1, 0.15) is 0 Å². The Kier molecular flexibility index (Phi) is 7.59. The lowest BCUT2D eigenvalue weighted by Crippen LogP contribution is -2.30. The molecule has 0 N–H and O–H groups in total. The second kappa shape index (κ2) is 10.5. The van der Waals surface area contributed by atoms with Gasteiger partial charge in [0.25, 0.3) is 5.89 Å². The van der Waals surface area contributed by atoms with Crippen LogP contribution in [0.2, 0.25) is 5.02 Å². The molecule has 4 nitrogen and oxygen atoms in total. The predicted octanol–water partition coefficient (Wildman–Crippen LogP) is 7.81. The first-order chi connectivity index (χ1) is 16.2. The van der Waals surface area contributed by atoms with Crippen molar-refractivity contribution in [2.75, 3.05) is 14.1 Å². The van der Waals surface area contributed by atoms with Crippen molar-refractivity contribution in [1.82, 2.24) is 15.0 Å². The molecule has 5 heteroatoms. The van der Waals surface area contributed by atoms with E-state index in [4.69, 9.17) is 16.1 Å². The average Bonchev–Trinajstić information content (AvgIpc) is 3.28. The zero-order valence-electron chi connectivity index (χ0n) is 21.0. The molecule has 0 aliphatic heterocycles.